The van der Waals surface area contributed by atoms with E-state index < -0.39 is 0 Å². The third-order valence-electron chi connectivity index (χ3n) is 4.40. The monoisotopic (exact) mass is 294 g/mol. The van der Waals surface area contributed by atoms with Crippen molar-refractivity contribution in [2.75, 3.05) is 26.7 Å². The molecule has 1 heterocycles. The van der Waals surface area contributed by atoms with E-state index in [1.54, 1.807) is 0 Å². The van der Waals surface area contributed by atoms with Crippen LogP contribution in [0.3, 0.4) is 0 Å². The summed E-state index contributed by atoms with van der Waals surface area (Å²) in [5.41, 5.74) is 1.30. The molecule has 1 aliphatic rings. The van der Waals surface area contributed by atoms with Crippen LogP contribution in [-0.4, -0.2) is 31.6 Å². The zero-order chi connectivity index (χ0) is 14.4. The molecule has 0 saturated carbocycles. The SMILES string of the molecule is CCCC1CCN(CCC(NC)c2cccc(Cl)c2)C1. The molecule has 0 spiro atoms. The Balaban J connectivity index is 1.83. The van der Waals surface area contributed by atoms with Crippen molar-refractivity contribution in [3.8, 4) is 0 Å². The summed E-state index contributed by atoms with van der Waals surface area (Å²) in [5, 5.41) is 4.25. The lowest BCUT2D eigenvalue weighted by Gasteiger charge is -2.21. The van der Waals surface area contributed by atoms with Gasteiger partial charge in [0.2, 0.25) is 0 Å². The fourth-order valence-corrected chi connectivity index (χ4v) is 3.47. The molecule has 1 fully saturated rings. The Bertz CT molecular complexity index is 408. The maximum absolute atomic E-state index is 6.09. The van der Waals surface area contributed by atoms with Gasteiger partial charge in [-0.25, -0.2) is 0 Å². The molecule has 1 aromatic carbocycles. The minimum atomic E-state index is 0.402. The van der Waals surface area contributed by atoms with E-state index in [9.17, 15) is 0 Å². The second-order valence-electron chi connectivity index (χ2n) is 5.93. The van der Waals surface area contributed by atoms with Crippen molar-refractivity contribution >= 4 is 11.6 Å². The normalized spacial score (nSPS) is 21.2. The smallest absolute Gasteiger partial charge is 0.0409 e. The minimum absolute atomic E-state index is 0.402. The van der Waals surface area contributed by atoms with Crippen LogP contribution in [0.2, 0.25) is 5.02 Å². The van der Waals surface area contributed by atoms with Gasteiger partial charge in [0.15, 0.2) is 0 Å². The molecule has 0 amide bonds. The van der Waals surface area contributed by atoms with Gasteiger partial charge in [-0.15, -0.1) is 0 Å². The van der Waals surface area contributed by atoms with Crippen LogP contribution < -0.4 is 5.32 Å². The maximum Gasteiger partial charge on any atom is 0.0409 e. The molecule has 20 heavy (non-hydrogen) atoms. The Kier molecular flexibility index (Phi) is 6.34. The highest BCUT2D eigenvalue weighted by Gasteiger charge is 2.22. The highest BCUT2D eigenvalue weighted by Crippen LogP contribution is 2.24. The van der Waals surface area contributed by atoms with Gasteiger partial charge >= 0.3 is 0 Å². The Morgan fingerprint density at radius 3 is 3.00 bits per heavy atom. The van der Waals surface area contributed by atoms with Gasteiger partial charge in [0, 0.05) is 17.6 Å². The van der Waals surface area contributed by atoms with Crippen LogP contribution in [0.5, 0.6) is 0 Å². The van der Waals surface area contributed by atoms with Crippen molar-refractivity contribution in [1.29, 1.82) is 0 Å². The number of hydrogen-bond donors (Lipinski definition) is 1. The second kappa shape index (κ2) is 8.02. The first-order valence-electron chi connectivity index (χ1n) is 7.88. The summed E-state index contributed by atoms with van der Waals surface area (Å²) in [6.45, 7) is 6.04. The number of halogens is 1. The van der Waals surface area contributed by atoms with Crippen molar-refractivity contribution in [2.45, 2.75) is 38.6 Å². The summed E-state index contributed by atoms with van der Waals surface area (Å²) in [6.07, 6.45) is 5.24. The zero-order valence-corrected chi connectivity index (χ0v) is 13.5. The van der Waals surface area contributed by atoms with Crippen LogP contribution in [0.1, 0.15) is 44.2 Å². The van der Waals surface area contributed by atoms with Crippen molar-refractivity contribution < 1.29 is 0 Å². The van der Waals surface area contributed by atoms with E-state index in [0.717, 1.165) is 17.4 Å². The molecular formula is C17H27ClN2. The maximum atomic E-state index is 6.09. The molecule has 2 nitrogen and oxygen atoms in total. The van der Waals surface area contributed by atoms with Gasteiger partial charge in [-0.2, -0.15) is 0 Å². The Hall–Kier alpha value is -0.570. The third-order valence-corrected chi connectivity index (χ3v) is 4.64. The zero-order valence-electron chi connectivity index (χ0n) is 12.7. The molecule has 1 saturated heterocycles. The summed E-state index contributed by atoms with van der Waals surface area (Å²) in [5.74, 6) is 0.930. The second-order valence-corrected chi connectivity index (χ2v) is 6.37. The number of benzene rings is 1. The predicted molar refractivity (Wildman–Crippen MR) is 87.3 cm³/mol. The van der Waals surface area contributed by atoms with Crippen molar-refractivity contribution in [3.63, 3.8) is 0 Å². The van der Waals surface area contributed by atoms with Crippen molar-refractivity contribution in [2.24, 2.45) is 5.92 Å². The van der Waals surface area contributed by atoms with E-state index in [2.05, 4.69) is 29.3 Å². The summed E-state index contributed by atoms with van der Waals surface area (Å²) >= 11 is 6.09. The summed E-state index contributed by atoms with van der Waals surface area (Å²) < 4.78 is 0. The van der Waals surface area contributed by atoms with Crippen LogP contribution in [-0.2, 0) is 0 Å². The van der Waals surface area contributed by atoms with Crippen molar-refractivity contribution in [3.05, 3.63) is 34.9 Å². The summed E-state index contributed by atoms with van der Waals surface area (Å²) in [4.78, 5) is 2.62. The van der Waals surface area contributed by atoms with Gasteiger partial charge in [-0.05, 0) is 63.0 Å². The third kappa shape index (κ3) is 4.47. The van der Waals surface area contributed by atoms with E-state index in [1.165, 1.54) is 44.5 Å². The summed E-state index contributed by atoms with van der Waals surface area (Å²) in [7, 11) is 2.04. The highest BCUT2D eigenvalue weighted by atomic mass is 35.5. The fraction of sp³-hybridized carbons (Fsp3) is 0.647. The van der Waals surface area contributed by atoms with Crippen LogP contribution in [0.15, 0.2) is 24.3 Å². The molecule has 1 N–H and O–H groups in total. The average molecular weight is 295 g/mol. The van der Waals surface area contributed by atoms with Gasteiger partial charge in [0.05, 0.1) is 0 Å². The van der Waals surface area contributed by atoms with E-state index in [4.69, 9.17) is 11.6 Å². The topological polar surface area (TPSA) is 15.3 Å². The Morgan fingerprint density at radius 1 is 1.45 bits per heavy atom. The van der Waals surface area contributed by atoms with Crippen molar-refractivity contribution in [1.82, 2.24) is 10.2 Å². The average Bonchev–Trinajstić information content (AvgIpc) is 2.88. The first kappa shape index (κ1) is 15.8. The molecule has 1 aliphatic heterocycles. The minimum Gasteiger partial charge on any atom is -0.313 e. The molecule has 1 aromatic rings. The first-order valence-corrected chi connectivity index (χ1v) is 8.25. The van der Waals surface area contributed by atoms with E-state index in [1.807, 2.05) is 19.2 Å². The molecule has 0 radical (unpaired) electrons. The Labute approximate surface area is 128 Å². The molecule has 112 valence electrons. The van der Waals surface area contributed by atoms with E-state index >= 15 is 0 Å². The van der Waals surface area contributed by atoms with Crippen LogP contribution >= 0.6 is 11.6 Å². The van der Waals surface area contributed by atoms with Gasteiger partial charge in [0.25, 0.3) is 0 Å². The van der Waals surface area contributed by atoms with E-state index in [-0.39, 0.29) is 0 Å². The van der Waals surface area contributed by atoms with Gasteiger partial charge in [-0.3, -0.25) is 0 Å². The number of rotatable bonds is 7. The summed E-state index contributed by atoms with van der Waals surface area (Å²) in [6, 6.07) is 8.62. The quantitative estimate of drug-likeness (QED) is 0.814. The fourth-order valence-electron chi connectivity index (χ4n) is 3.27. The van der Waals surface area contributed by atoms with Crippen LogP contribution in [0.25, 0.3) is 0 Å². The molecule has 2 atom stereocenters. The van der Waals surface area contributed by atoms with Crippen LogP contribution in [0, 0.1) is 5.92 Å². The first-order chi connectivity index (χ1) is 9.72. The molecule has 3 heteroatoms. The van der Waals surface area contributed by atoms with Gasteiger partial charge in [0.1, 0.15) is 0 Å². The molecule has 0 aromatic heterocycles. The molecule has 0 aliphatic carbocycles. The van der Waals surface area contributed by atoms with Gasteiger partial charge in [-0.1, -0.05) is 37.1 Å². The molecule has 2 rings (SSSR count). The number of hydrogen-bond acceptors (Lipinski definition) is 2. The predicted octanol–water partition coefficient (Wildman–Crippen LogP) is 4.11. The van der Waals surface area contributed by atoms with Crippen LogP contribution in [0.4, 0.5) is 0 Å². The lowest BCUT2D eigenvalue weighted by Crippen LogP contribution is -2.27. The highest BCUT2D eigenvalue weighted by molar-refractivity contribution is 6.30. The van der Waals surface area contributed by atoms with E-state index in [0.29, 0.717) is 6.04 Å². The lowest BCUT2D eigenvalue weighted by atomic mass is 10.0. The Morgan fingerprint density at radius 2 is 2.30 bits per heavy atom. The molecule has 2 unspecified atom stereocenters. The standard InChI is InChI=1S/C17H27ClN2/c1-3-5-14-8-10-20(13-14)11-9-17(19-2)15-6-4-7-16(18)12-15/h4,6-7,12,14,17,19H,3,5,8-11,13H2,1-2H3. The molecular weight excluding hydrogens is 268 g/mol. The lowest BCUT2D eigenvalue weighted by molar-refractivity contribution is 0.299. The number of likely N-dealkylation sites (tertiary alicyclic amines) is 1. The molecule has 0 bridgehead atoms. The van der Waals surface area contributed by atoms with Gasteiger partial charge < -0.3 is 10.2 Å². The number of nitrogens with one attached hydrogen (secondary N) is 1. The largest absolute Gasteiger partial charge is 0.313 e. The number of nitrogens with zero attached hydrogens (tertiary/aromatic N) is 1.